The first-order valence-electron chi connectivity index (χ1n) is 9.30. The highest BCUT2D eigenvalue weighted by atomic mass is 19.3. The lowest BCUT2D eigenvalue weighted by molar-refractivity contribution is -0.0502. The van der Waals surface area contributed by atoms with E-state index in [0.29, 0.717) is 23.8 Å². The number of alkyl halides is 2. The molecule has 2 aromatic carbocycles. The number of aliphatic imine (C=N–C) groups is 1. The number of halogens is 2. The van der Waals surface area contributed by atoms with Crippen molar-refractivity contribution in [3.8, 4) is 11.5 Å². The summed E-state index contributed by atoms with van der Waals surface area (Å²) in [6, 6.07) is 10.6. The summed E-state index contributed by atoms with van der Waals surface area (Å²) >= 11 is 0. The average molecular weight is 415 g/mol. The quantitative estimate of drug-likeness (QED) is 0.687. The summed E-state index contributed by atoms with van der Waals surface area (Å²) in [7, 11) is 0. The Kier molecular flexibility index (Phi) is 4.17. The highest BCUT2D eigenvalue weighted by molar-refractivity contribution is 5.85. The van der Waals surface area contributed by atoms with E-state index in [1.165, 1.54) is 6.07 Å². The Morgan fingerprint density at radius 1 is 1.23 bits per heavy atom. The molecule has 1 fully saturated rings. The molecule has 1 unspecified atom stereocenters. The van der Waals surface area contributed by atoms with Gasteiger partial charge in [0.25, 0.3) is 0 Å². The van der Waals surface area contributed by atoms with Crippen molar-refractivity contribution in [1.82, 2.24) is 5.48 Å². The van der Waals surface area contributed by atoms with Crippen molar-refractivity contribution in [3.63, 3.8) is 0 Å². The maximum atomic E-state index is 12.7. The van der Waals surface area contributed by atoms with E-state index in [2.05, 4.69) is 25.8 Å². The number of nitrogens with one attached hydrogen (secondary N) is 3. The highest BCUT2D eigenvalue weighted by Crippen LogP contribution is 2.42. The van der Waals surface area contributed by atoms with Crippen LogP contribution in [0.1, 0.15) is 12.5 Å². The molecule has 0 aliphatic carbocycles. The van der Waals surface area contributed by atoms with Crippen LogP contribution in [0.25, 0.3) is 0 Å². The molecule has 10 heteroatoms. The fourth-order valence-electron chi connectivity index (χ4n) is 3.57. The number of hydrogen-bond donors (Lipinski definition) is 3. The van der Waals surface area contributed by atoms with Gasteiger partial charge in [0.2, 0.25) is 0 Å². The number of rotatable bonds is 5. The maximum Gasteiger partial charge on any atom is 0.387 e. The summed E-state index contributed by atoms with van der Waals surface area (Å²) in [5.74, 6) is 0.211. The largest absolute Gasteiger partial charge is 0.471 e. The minimum atomic E-state index is -2.91. The number of aryl methyl sites for hydroxylation is 1. The fraction of sp³-hybridized carbons (Fsp3) is 0.250. The monoisotopic (exact) mass is 415 g/mol. The van der Waals surface area contributed by atoms with Crippen molar-refractivity contribution in [2.24, 2.45) is 4.99 Å². The molecule has 8 nitrogen and oxygen atoms in total. The van der Waals surface area contributed by atoms with Crippen LogP contribution in [0.2, 0.25) is 0 Å². The van der Waals surface area contributed by atoms with Crippen molar-refractivity contribution in [2.75, 3.05) is 22.3 Å². The molecule has 0 aromatic heterocycles. The third-order valence-corrected chi connectivity index (χ3v) is 5.05. The molecule has 30 heavy (non-hydrogen) atoms. The van der Waals surface area contributed by atoms with Crippen LogP contribution in [0.3, 0.4) is 0 Å². The summed E-state index contributed by atoms with van der Waals surface area (Å²) in [6.07, 6.45) is 1.69. The summed E-state index contributed by atoms with van der Waals surface area (Å²) in [5, 5.41) is 6.36. The smallest absolute Gasteiger partial charge is 0.387 e. The first-order chi connectivity index (χ1) is 14.4. The van der Waals surface area contributed by atoms with Gasteiger partial charge in [-0.2, -0.15) is 8.78 Å². The summed E-state index contributed by atoms with van der Waals surface area (Å²) in [5.41, 5.74) is 6.55. The molecule has 0 saturated carbocycles. The van der Waals surface area contributed by atoms with Crippen molar-refractivity contribution in [3.05, 3.63) is 53.4 Å². The molecule has 0 spiro atoms. The van der Waals surface area contributed by atoms with E-state index in [1.54, 1.807) is 25.3 Å². The molecule has 2 aromatic rings. The van der Waals surface area contributed by atoms with Crippen molar-refractivity contribution in [1.29, 1.82) is 0 Å². The average Bonchev–Trinajstić information content (AvgIpc) is 3.29. The first kappa shape index (κ1) is 18.5. The van der Waals surface area contributed by atoms with Crippen molar-refractivity contribution in [2.45, 2.75) is 26.4 Å². The number of anilines is 3. The minimum Gasteiger partial charge on any atom is -0.471 e. The lowest BCUT2D eigenvalue weighted by atomic mass is 10.2. The van der Waals surface area contributed by atoms with Crippen LogP contribution in [-0.4, -0.2) is 25.5 Å². The highest BCUT2D eigenvalue weighted by Gasteiger charge is 2.49. The molecule has 0 amide bonds. The number of hydroxylamine groups is 1. The van der Waals surface area contributed by atoms with Gasteiger partial charge in [-0.05, 0) is 43.7 Å². The zero-order valence-electron chi connectivity index (χ0n) is 16.2. The normalized spacial score (nSPS) is 21.3. The Morgan fingerprint density at radius 2 is 2.10 bits per heavy atom. The summed E-state index contributed by atoms with van der Waals surface area (Å²) < 4.78 is 35.6. The van der Waals surface area contributed by atoms with Gasteiger partial charge in [0.15, 0.2) is 6.73 Å². The Hall–Kier alpha value is -3.53. The van der Waals surface area contributed by atoms with E-state index in [9.17, 15) is 8.78 Å². The van der Waals surface area contributed by atoms with Gasteiger partial charge >= 0.3 is 12.6 Å². The van der Waals surface area contributed by atoms with Gasteiger partial charge in [0.1, 0.15) is 17.3 Å². The van der Waals surface area contributed by atoms with Crippen molar-refractivity contribution >= 4 is 23.3 Å². The second-order valence-corrected chi connectivity index (χ2v) is 7.07. The standard InChI is InChI=1S/C20H19F2N5O3/c1-11-3-4-13(7-17(11)29-19(21)22)25-20-24-9-12(2)18(26-30-20)27(20)14-5-6-16-15(8-14)23-10-28-16/h3-9,19,23,25-26H,10H2,1-2H3. The van der Waals surface area contributed by atoms with E-state index in [0.717, 1.165) is 22.7 Å². The van der Waals surface area contributed by atoms with Crippen molar-refractivity contribution < 1.29 is 23.1 Å². The molecule has 156 valence electrons. The first-order valence-corrected chi connectivity index (χ1v) is 9.30. The summed E-state index contributed by atoms with van der Waals surface area (Å²) in [4.78, 5) is 12.3. The number of nitrogens with zero attached hydrogens (tertiary/aromatic N) is 2. The number of ether oxygens (including phenoxy) is 2. The Labute approximate surface area is 171 Å². The van der Waals surface area contributed by atoms with Gasteiger partial charge in [-0.3, -0.25) is 4.90 Å². The summed E-state index contributed by atoms with van der Waals surface area (Å²) in [6.45, 7) is 1.10. The van der Waals surface area contributed by atoms with Gasteiger partial charge in [-0.1, -0.05) is 6.07 Å². The number of hydrogen-bond acceptors (Lipinski definition) is 8. The Balaban J connectivity index is 1.53. The van der Waals surface area contributed by atoms with Crippen LogP contribution in [-0.2, 0) is 4.84 Å². The maximum absolute atomic E-state index is 12.7. The second kappa shape index (κ2) is 6.77. The van der Waals surface area contributed by atoms with Crippen LogP contribution in [0.15, 0.2) is 52.8 Å². The molecule has 3 heterocycles. The molecule has 0 radical (unpaired) electrons. The van der Waals surface area contributed by atoms with Gasteiger partial charge in [0, 0.05) is 23.5 Å². The van der Waals surface area contributed by atoms with Crippen LogP contribution < -0.4 is 30.5 Å². The topological polar surface area (TPSA) is 79.4 Å². The van der Waals surface area contributed by atoms with E-state index >= 15 is 0 Å². The third-order valence-electron chi connectivity index (χ3n) is 5.05. The van der Waals surface area contributed by atoms with E-state index in [1.807, 2.05) is 30.0 Å². The van der Waals surface area contributed by atoms with Gasteiger partial charge < -0.3 is 20.1 Å². The molecular formula is C20H19F2N5O3. The van der Waals surface area contributed by atoms with Gasteiger partial charge in [-0.25, -0.2) is 15.3 Å². The lowest BCUT2D eigenvalue weighted by Gasteiger charge is -2.36. The molecular weight excluding hydrogens is 396 g/mol. The number of allylic oxidation sites excluding steroid dienone is 1. The Bertz CT molecular complexity index is 1070. The van der Waals surface area contributed by atoms with E-state index < -0.39 is 12.6 Å². The molecule has 3 N–H and O–H groups in total. The minimum absolute atomic E-state index is 0.0783. The van der Waals surface area contributed by atoms with Gasteiger partial charge in [0.05, 0.1) is 11.4 Å². The molecule has 3 aliphatic rings. The van der Waals surface area contributed by atoms with Crippen LogP contribution in [0, 0.1) is 6.92 Å². The third kappa shape index (κ3) is 2.96. The van der Waals surface area contributed by atoms with Crippen LogP contribution in [0.5, 0.6) is 11.5 Å². The number of fused-ring (bicyclic) bond motifs is 3. The van der Waals surface area contributed by atoms with Gasteiger partial charge in [-0.15, -0.1) is 0 Å². The predicted octanol–water partition coefficient (Wildman–Crippen LogP) is 3.74. The zero-order chi connectivity index (χ0) is 20.9. The second-order valence-electron chi connectivity index (χ2n) is 7.07. The zero-order valence-corrected chi connectivity index (χ0v) is 16.2. The number of benzene rings is 2. The predicted molar refractivity (Wildman–Crippen MR) is 108 cm³/mol. The van der Waals surface area contributed by atoms with E-state index in [4.69, 9.17) is 9.57 Å². The van der Waals surface area contributed by atoms with E-state index in [-0.39, 0.29) is 5.75 Å². The SMILES string of the molecule is CC1=C2NOC(Nc3ccc(C)c(OC(F)F)c3)(N=C1)N2c1ccc2c(c1)NCO2. The molecule has 2 bridgehead atoms. The van der Waals surface area contributed by atoms with Crippen LogP contribution in [0.4, 0.5) is 25.8 Å². The fourth-order valence-corrected chi connectivity index (χ4v) is 3.57. The molecule has 5 rings (SSSR count). The molecule has 3 aliphatic heterocycles. The Morgan fingerprint density at radius 3 is 2.93 bits per heavy atom. The molecule has 1 atom stereocenters. The van der Waals surface area contributed by atoms with Crippen LogP contribution >= 0.6 is 0 Å². The molecule has 1 saturated heterocycles. The lowest BCUT2D eigenvalue weighted by Crippen LogP contribution is -2.51.